The van der Waals surface area contributed by atoms with Crippen LogP contribution in [-0.2, 0) is 115 Å². The van der Waals surface area contributed by atoms with Crippen molar-refractivity contribution >= 4 is 62.6 Å². The van der Waals surface area contributed by atoms with Gasteiger partial charge in [0.25, 0.3) is 0 Å². The highest BCUT2D eigenvalue weighted by molar-refractivity contribution is 7.48. The Bertz CT molecular complexity index is 2010. The number of ether oxygens (including phenoxy) is 9. The second kappa shape index (κ2) is 31.4. The van der Waals surface area contributed by atoms with E-state index in [1.165, 1.54) is 14.2 Å². The molecule has 76 heavy (non-hydrogen) atoms. The van der Waals surface area contributed by atoms with E-state index in [-0.39, 0.29) is 39.6 Å². The van der Waals surface area contributed by atoms with E-state index >= 15 is 0 Å². The second-order valence-electron chi connectivity index (χ2n) is 15.2. The molecule has 0 heterocycles. The number of hydrogen-bond donors (Lipinski definition) is 16. The van der Waals surface area contributed by atoms with Gasteiger partial charge in [0.1, 0.15) is 73.2 Å². The molecule has 0 amide bonds. The minimum absolute atomic E-state index is 0.0480. The van der Waals surface area contributed by atoms with Crippen molar-refractivity contribution in [2.24, 2.45) is 0 Å². The summed E-state index contributed by atoms with van der Waals surface area (Å²) in [6.07, 6.45) is -33.5. The predicted molar refractivity (Wildman–Crippen MR) is 235 cm³/mol. The van der Waals surface area contributed by atoms with Gasteiger partial charge in [-0.05, 0) is 6.92 Å². The van der Waals surface area contributed by atoms with Crippen LogP contribution in [0.3, 0.4) is 0 Å². The lowest BCUT2D eigenvalue weighted by Gasteiger charge is -2.49. The van der Waals surface area contributed by atoms with Crippen LogP contribution in [0.2, 0.25) is 0 Å². The summed E-state index contributed by atoms with van der Waals surface area (Å²) >= 11 is 0. The molecule has 41 nitrogen and oxygen atoms in total. The molecular formula is C27H60O41P8. The van der Waals surface area contributed by atoms with Gasteiger partial charge in [-0.3, -0.25) is 36.2 Å². The van der Waals surface area contributed by atoms with Gasteiger partial charge in [0.15, 0.2) is 0 Å². The maximum absolute atomic E-state index is 12.5. The molecule has 0 aromatic carbocycles. The largest absolute Gasteiger partial charge is 0.470 e. The highest BCUT2D eigenvalue weighted by Crippen LogP contribution is 2.56. The lowest BCUT2D eigenvalue weighted by atomic mass is 9.84. The van der Waals surface area contributed by atoms with Crippen LogP contribution >= 0.6 is 62.6 Å². The van der Waals surface area contributed by atoms with Crippen LogP contribution in [0, 0.1) is 0 Å². The molecule has 0 saturated heterocycles. The van der Waals surface area contributed by atoms with Crippen molar-refractivity contribution in [2.75, 3.05) is 86.9 Å². The highest BCUT2D eigenvalue weighted by atomic mass is 31.2. The molecule has 0 aliphatic heterocycles. The maximum atomic E-state index is 12.5. The normalized spacial score (nSPS) is 28.2. The average molecular weight is 1290 g/mol. The summed E-state index contributed by atoms with van der Waals surface area (Å²) in [5.41, 5.74) is 0. The van der Waals surface area contributed by atoms with Gasteiger partial charge in [-0.25, -0.2) is 36.5 Å². The van der Waals surface area contributed by atoms with Crippen LogP contribution in [0.4, 0.5) is 0 Å². The van der Waals surface area contributed by atoms with E-state index in [9.17, 15) is 115 Å². The first-order valence-electron chi connectivity index (χ1n) is 20.7. The fourth-order valence-electron chi connectivity index (χ4n) is 6.93. The molecule has 0 aromatic heterocycles. The lowest BCUT2D eigenvalue weighted by molar-refractivity contribution is -0.250. The molecule has 2 rings (SSSR count). The van der Waals surface area contributed by atoms with Crippen LogP contribution in [0.5, 0.6) is 0 Å². The van der Waals surface area contributed by atoms with E-state index in [1.807, 2.05) is 0 Å². The van der Waals surface area contributed by atoms with E-state index in [1.54, 1.807) is 0 Å². The number of hydrogen-bond acceptors (Lipinski definition) is 25. The summed E-state index contributed by atoms with van der Waals surface area (Å²) in [6, 6.07) is 0. The summed E-state index contributed by atoms with van der Waals surface area (Å²) in [4.78, 5) is 157. The van der Waals surface area contributed by atoms with Gasteiger partial charge in [0.05, 0.1) is 78.8 Å². The van der Waals surface area contributed by atoms with Gasteiger partial charge < -0.3 is 121 Å². The standard InChI is InChI=1S/C27H60O41P8/c1-15(14-60-19-23(64-72(37,38)39)25(66-74(43,44)45)27(68-76(49,50)51)26(67-75(46,47)48)24(19)65-73(40,41)42)56-12-13-59-18-21(62-70(31,32)33)16(57-10-8-54-6-4-52-2)20(61-69(28,29)30)17(22(18)63-71(34,35)36)58-11-9-55-7-5-53-3/h15-27H,4-14H2,1-3H3,(H2,28,29,30)(H2,31,32,33)(H2,34,35,36)(H2,37,38,39)(H2,40,41,42)(H2,43,44,45)(H2,46,47,48)(H2,49,50,51)/t15?,16-,17+,18+,19-,20-,21+,22-,23+,24-,25-,26+,27+. The number of phosphoric acid groups is 8. The minimum Gasteiger partial charge on any atom is -0.382 e. The third-order valence-electron chi connectivity index (χ3n) is 9.22. The third-order valence-corrected chi connectivity index (χ3v) is 13.4. The Morgan fingerprint density at radius 2 is 0.487 bits per heavy atom. The van der Waals surface area contributed by atoms with Crippen molar-refractivity contribution < 1.29 is 194 Å². The number of phosphoric ester groups is 8. The topological polar surface area (TPSA) is 617 Å². The molecule has 0 aromatic rings. The Labute approximate surface area is 428 Å². The van der Waals surface area contributed by atoms with Crippen LogP contribution in [-0.4, -0.2) is 245 Å². The molecule has 2 fully saturated rings. The maximum Gasteiger partial charge on any atom is 0.470 e. The zero-order chi connectivity index (χ0) is 58.3. The van der Waals surface area contributed by atoms with E-state index < -0.39 is 175 Å². The zero-order valence-electron chi connectivity index (χ0n) is 39.2. The number of methoxy groups -OCH3 is 2. The molecule has 0 bridgehead atoms. The third kappa shape index (κ3) is 29.7. The first-order chi connectivity index (χ1) is 34.5. The Morgan fingerprint density at radius 3 is 0.724 bits per heavy atom. The molecule has 2 aliphatic rings. The van der Waals surface area contributed by atoms with Gasteiger partial charge in [0.2, 0.25) is 0 Å². The molecule has 2 aliphatic carbocycles. The zero-order valence-corrected chi connectivity index (χ0v) is 46.4. The predicted octanol–water partition coefficient (Wildman–Crippen LogP) is -3.89. The SMILES string of the molecule is COCCOCCO[C@@H]1[C@@H](OP(=O)(O)O)[C@H](OCCOCCOC)[C@@H](OP(=O)(O)O)[C@@H](OCCOC(C)CO[C@H]2[C@@H](OP(=O)(O)O)[C@H](OP(=O)(O)O)[C@@H](OP(=O)(O)O)[C@H](OP(=O)(O)O)[C@H]2OP(=O)(O)O)[C@H]1OP(=O)(O)O. The molecule has 2 saturated carbocycles. The average Bonchev–Trinajstić information content (AvgIpc) is 3.20. The minimum atomic E-state index is -6.14. The second-order valence-corrected chi connectivity index (χ2v) is 24.7. The van der Waals surface area contributed by atoms with E-state index in [4.69, 9.17) is 56.2 Å². The van der Waals surface area contributed by atoms with Crippen LogP contribution in [0.15, 0.2) is 0 Å². The van der Waals surface area contributed by atoms with Gasteiger partial charge in [-0.2, -0.15) is 0 Å². The molecule has 0 spiro atoms. The Hall–Kier alpha value is 0.520. The van der Waals surface area contributed by atoms with Crippen LogP contribution in [0.25, 0.3) is 0 Å². The summed E-state index contributed by atoms with van der Waals surface area (Å²) in [7, 11) is -45.4. The van der Waals surface area contributed by atoms with Gasteiger partial charge in [-0.15, -0.1) is 0 Å². The van der Waals surface area contributed by atoms with E-state index in [2.05, 4.69) is 22.6 Å². The van der Waals surface area contributed by atoms with Crippen LogP contribution in [0.1, 0.15) is 6.92 Å². The van der Waals surface area contributed by atoms with Crippen molar-refractivity contribution in [1.82, 2.24) is 0 Å². The van der Waals surface area contributed by atoms with Crippen molar-refractivity contribution in [3.05, 3.63) is 0 Å². The molecule has 1 unspecified atom stereocenters. The van der Waals surface area contributed by atoms with E-state index in [0.717, 1.165) is 6.92 Å². The molecule has 49 heteroatoms. The van der Waals surface area contributed by atoms with E-state index in [0.29, 0.717) is 0 Å². The van der Waals surface area contributed by atoms with Crippen LogP contribution < -0.4 is 0 Å². The van der Waals surface area contributed by atoms with Gasteiger partial charge >= 0.3 is 62.6 Å². The molecule has 454 valence electrons. The monoisotopic (exact) mass is 1290 g/mol. The molecular weight excluding hydrogens is 1230 g/mol. The molecule has 16 N–H and O–H groups in total. The Kier molecular flexibility index (Phi) is 30.0. The van der Waals surface area contributed by atoms with Crippen molar-refractivity contribution in [1.29, 1.82) is 0 Å². The Balaban J connectivity index is 2.68. The first kappa shape index (κ1) is 72.6. The molecule has 13 atom stereocenters. The fourth-order valence-corrected chi connectivity index (χ4v) is 11.4. The Morgan fingerprint density at radius 1 is 0.289 bits per heavy atom. The van der Waals surface area contributed by atoms with Gasteiger partial charge in [-0.1, -0.05) is 0 Å². The lowest BCUT2D eigenvalue weighted by Crippen LogP contribution is -2.67. The summed E-state index contributed by atoms with van der Waals surface area (Å²) in [5, 5.41) is 0. The quantitative estimate of drug-likeness (QED) is 0.0208. The van der Waals surface area contributed by atoms with Gasteiger partial charge in [0, 0.05) is 14.2 Å². The summed E-state index contributed by atoms with van der Waals surface area (Å²) in [6.45, 7) is -3.76. The smallest absolute Gasteiger partial charge is 0.382 e. The summed E-state index contributed by atoms with van der Waals surface area (Å²) < 4.78 is 183. The first-order valence-corrected chi connectivity index (χ1v) is 32.9. The summed E-state index contributed by atoms with van der Waals surface area (Å²) in [5.74, 6) is 0. The van der Waals surface area contributed by atoms with Crippen molar-refractivity contribution in [3.63, 3.8) is 0 Å². The number of rotatable bonds is 38. The highest BCUT2D eigenvalue weighted by Gasteiger charge is 2.62. The molecule has 0 radical (unpaired) electrons. The van der Waals surface area contributed by atoms with Crippen molar-refractivity contribution in [3.8, 4) is 0 Å². The fraction of sp³-hybridized carbons (Fsp3) is 1.00. The van der Waals surface area contributed by atoms with Crippen molar-refractivity contribution in [2.45, 2.75) is 86.3 Å².